The van der Waals surface area contributed by atoms with Gasteiger partial charge in [0.05, 0.1) is 24.3 Å². The number of phenols is 1. The molecule has 0 aliphatic carbocycles. The molecule has 11 heteroatoms. The summed E-state index contributed by atoms with van der Waals surface area (Å²) in [7, 11) is 0. The maximum atomic E-state index is 11.3. The van der Waals surface area contributed by atoms with Crippen LogP contribution in [0.15, 0.2) is 42.5 Å². The van der Waals surface area contributed by atoms with Gasteiger partial charge >= 0.3 is 24.1 Å². The van der Waals surface area contributed by atoms with E-state index in [4.69, 9.17) is 19.4 Å². The molecule has 34 heavy (non-hydrogen) atoms. The molecule has 0 amide bonds. The fraction of sp³-hybridized carbons (Fsp3) is 0.348. The van der Waals surface area contributed by atoms with E-state index in [2.05, 4.69) is 11.6 Å². The lowest BCUT2D eigenvalue weighted by Gasteiger charge is -2.04. The van der Waals surface area contributed by atoms with E-state index in [-0.39, 0.29) is 19.1 Å². The Kier molecular flexibility index (Phi) is 21.3. The first kappa shape index (κ1) is 35.4. The molecule has 0 saturated heterocycles. The average molecular weight is 513 g/mol. The molecular formula is C23H29ClF4O6. The van der Waals surface area contributed by atoms with Crippen molar-refractivity contribution >= 4 is 29.8 Å². The van der Waals surface area contributed by atoms with Crippen LogP contribution in [-0.2, 0) is 9.47 Å². The van der Waals surface area contributed by atoms with E-state index in [1.807, 2.05) is 25.1 Å². The van der Waals surface area contributed by atoms with Crippen LogP contribution in [-0.4, -0.2) is 42.4 Å². The van der Waals surface area contributed by atoms with Crippen LogP contribution in [0, 0.1) is 13.8 Å². The number of aryl methyl sites for hydroxylation is 2. The van der Waals surface area contributed by atoms with Gasteiger partial charge < -0.3 is 14.6 Å². The first-order valence-corrected chi connectivity index (χ1v) is 9.77. The summed E-state index contributed by atoms with van der Waals surface area (Å²) in [6, 6.07) is 12.0. The highest BCUT2D eigenvalue weighted by Crippen LogP contribution is 2.16. The molecule has 0 unspecified atom stereocenters. The van der Waals surface area contributed by atoms with Crippen LogP contribution in [0.3, 0.4) is 0 Å². The number of aromatic hydroxyl groups is 1. The molecule has 0 saturated carbocycles. The second-order valence-corrected chi connectivity index (χ2v) is 6.06. The minimum absolute atomic E-state index is 0. The number of carbonyl (C=O) groups is 3. The van der Waals surface area contributed by atoms with Gasteiger partial charge in [-0.2, -0.15) is 8.78 Å². The first-order valence-electron chi connectivity index (χ1n) is 9.33. The molecule has 2 rings (SSSR count). The molecule has 0 atom stereocenters. The third-order valence-electron chi connectivity index (χ3n) is 3.36. The molecule has 0 aliphatic heterocycles. The Labute approximate surface area is 201 Å². The lowest BCUT2D eigenvalue weighted by molar-refractivity contribution is 0.0515. The zero-order chi connectivity index (χ0) is 26.0. The fourth-order valence-corrected chi connectivity index (χ4v) is 2.05. The third kappa shape index (κ3) is 18.4. The van der Waals surface area contributed by atoms with E-state index in [1.165, 1.54) is 12.1 Å². The summed E-state index contributed by atoms with van der Waals surface area (Å²) in [5.74, 6) is -3.25. The number of rotatable bonds is 4. The summed E-state index contributed by atoms with van der Waals surface area (Å²) in [5, 5.41) is 9.15. The van der Waals surface area contributed by atoms with Gasteiger partial charge in [0, 0.05) is 0 Å². The minimum atomic E-state index is -2.83. The predicted octanol–water partition coefficient (Wildman–Crippen LogP) is 7.18. The molecule has 6 nitrogen and oxygen atoms in total. The Morgan fingerprint density at radius 3 is 1.68 bits per heavy atom. The first-order chi connectivity index (χ1) is 15.4. The van der Waals surface area contributed by atoms with Gasteiger partial charge in [-0.05, 0) is 57.0 Å². The summed E-state index contributed by atoms with van der Waals surface area (Å²) < 4.78 is 49.3. The van der Waals surface area contributed by atoms with Crippen LogP contribution in [0.5, 0.6) is 5.75 Å². The zero-order valence-corrected chi connectivity index (χ0v) is 19.2. The van der Waals surface area contributed by atoms with Crippen LogP contribution < -0.4 is 0 Å². The Balaban J connectivity index is -0.000000423. The van der Waals surface area contributed by atoms with Crippen LogP contribution >= 0.6 is 11.6 Å². The highest BCUT2D eigenvalue weighted by atomic mass is 35.5. The number of carbonyl (C=O) groups excluding carboxylic acids is 3. The van der Waals surface area contributed by atoms with Crippen LogP contribution in [0.2, 0.25) is 0 Å². The predicted molar refractivity (Wildman–Crippen MR) is 122 cm³/mol. The van der Waals surface area contributed by atoms with Gasteiger partial charge in [-0.25, -0.2) is 14.4 Å². The molecule has 2 aromatic rings. The maximum absolute atomic E-state index is 11.3. The van der Waals surface area contributed by atoms with Gasteiger partial charge in [0.2, 0.25) is 0 Å². The van der Waals surface area contributed by atoms with Crippen molar-refractivity contribution < 1.29 is 46.5 Å². The molecule has 0 radical (unpaired) electrons. The van der Waals surface area contributed by atoms with E-state index in [9.17, 15) is 27.2 Å². The maximum Gasteiger partial charge on any atom is 0.483 e. The largest absolute Gasteiger partial charge is 0.508 e. The second kappa shape index (κ2) is 20.5. The van der Waals surface area contributed by atoms with E-state index >= 15 is 0 Å². The Hall–Kier alpha value is -3.14. The lowest BCUT2D eigenvalue weighted by atomic mass is 10.1. The van der Waals surface area contributed by atoms with Crippen molar-refractivity contribution in [1.29, 1.82) is 0 Å². The molecule has 0 fully saturated rings. The molecule has 0 bridgehead atoms. The average Bonchev–Trinajstić information content (AvgIpc) is 2.70. The van der Waals surface area contributed by atoms with E-state index in [1.54, 1.807) is 32.9 Å². The summed E-state index contributed by atoms with van der Waals surface area (Å²) in [5.41, 5.74) is 2.83. The van der Waals surface area contributed by atoms with Crippen molar-refractivity contribution in [3.05, 3.63) is 64.7 Å². The quantitative estimate of drug-likeness (QED) is 0.202. The Bertz CT molecular complexity index is 872. The molecular weight excluding hydrogens is 484 g/mol. The van der Waals surface area contributed by atoms with Gasteiger partial charge in [0.15, 0.2) is 0 Å². The Morgan fingerprint density at radius 1 is 0.882 bits per heavy atom. The lowest BCUT2D eigenvalue weighted by Crippen LogP contribution is -2.06. The van der Waals surface area contributed by atoms with Crippen molar-refractivity contribution in [2.75, 3.05) is 13.2 Å². The van der Waals surface area contributed by atoms with Gasteiger partial charge in [-0.3, -0.25) is 0 Å². The van der Waals surface area contributed by atoms with Crippen molar-refractivity contribution in [1.82, 2.24) is 0 Å². The van der Waals surface area contributed by atoms with E-state index in [0.717, 1.165) is 11.1 Å². The smallest absolute Gasteiger partial charge is 0.483 e. The normalized spacial score (nSPS) is 8.88. The molecule has 0 aliphatic rings. The molecule has 0 heterocycles. The topological polar surface area (TPSA) is 89.9 Å². The van der Waals surface area contributed by atoms with Gasteiger partial charge in [-0.15, -0.1) is 8.78 Å². The highest BCUT2D eigenvalue weighted by Gasteiger charge is 2.10. The molecule has 2 aromatic carbocycles. The summed E-state index contributed by atoms with van der Waals surface area (Å²) >= 11 is 3.94. The number of benzene rings is 2. The number of esters is 2. The van der Waals surface area contributed by atoms with Crippen molar-refractivity contribution in [3.8, 4) is 5.75 Å². The highest BCUT2D eigenvalue weighted by molar-refractivity contribution is 6.18. The summed E-state index contributed by atoms with van der Waals surface area (Å²) in [6.07, 6.45) is -2.83. The van der Waals surface area contributed by atoms with Crippen LogP contribution in [0.1, 0.15) is 53.1 Å². The van der Waals surface area contributed by atoms with Gasteiger partial charge in [0.1, 0.15) is 5.75 Å². The van der Waals surface area contributed by atoms with Crippen LogP contribution in [0.4, 0.5) is 22.4 Å². The second-order valence-electron chi connectivity index (χ2n) is 5.73. The molecule has 1 N–H and O–H groups in total. The number of alkyl halides is 3. The number of ether oxygens (including phenoxy) is 2. The number of hydrogen-bond donors (Lipinski definition) is 1. The number of halogens is 5. The van der Waals surface area contributed by atoms with Crippen molar-refractivity contribution in [3.63, 3.8) is 0 Å². The van der Waals surface area contributed by atoms with Crippen LogP contribution in [0.25, 0.3) is 0 Å². The van der Waals surface area contributed by atoms with Gasteiger partial charge in [-0.1, -0.05) is 43.3 Å². The minimum Gasteiger partial charge on any atom is -0.508 e. The number of hydrogen-bond acceptors (Lipinski definition) is 6. The summed E-state index contributed by atoms with van der Waals surface area (Å²) in [6.45, 7) is 8.01. The SMILES string of the molecule is C.CCOC(=O)c1cc(O)ccc1C.CCOC(=O)c1ccccc1C.FC(F)Cl.O=C(F)F. The third-order valence-corrected chi connectivity index (χ3v) is 3.36. The Morgan fingerprint density at radius 2 is 1.26 bits per heavy atom. The monoisotopic (exact) mass is 512 g/mol. The zero-order valence-electron chi connectivity index (χ0n) is 18.4. The van der Waals surface area contributed by atoms with Gasteiger partial charge in [0.25, 0.3) is 0 Å². The molecule has 192 valence electrons. The fourth-order valence-electron chi connectivity index (χ4n) is 2.05. The van der Waals surface area contributed by atoms with Crippen molar-refractivity contribution in [2.24, 2.45) is 0 Å². The number of phenolic OH excluding ortho intramolecular Hbond substituents is 1. The van der Waals surface area contributed by atoms with E-state index < -0.39 is 18.1 Å². The summed E-state index contributed by atoms with van der Waals surface area (Å²) in [4.78, 5) is 30.6. The molecule has 0 aromatic heterocycles. The van der Waals surface area contributed by atoms with E-state index in [0.29, 0.717) is 24.3 Å². The standard InChI is InChI=1S/C10H12O3.C10H12O2.CHClF2.CF2O.CH4/c1-3-13-10(12)9-6-8(11)5-4-7(9)2;1-3-12-10(11)9-7-5-4-6-8(9)2;2*2-1(3)4;/h4-6,11H,3H2,1-2H3;4-7H,3H2,1-2H3;1H;;1H4. The molecule has 0 spiro atoms. The van der Waals surface area contributed by atoms with Crippen molar-refractivity contribution in [2.45, 2.75) is 41.0 Å².